The minimum absolute atomic E-state index is 0.0287. The van der Waals surface area contributed by atoms with Gasteiger partial charge in [-0.2, -0.15) is 74.6 Å². The fourth-order valence-electron chi connectivity index (χ4n) is 2.34. The van der Waals surface area contributed by atoms with Crippen LogP contribution in [0.5, 0.6) is 5.75 Å². The third kappa shape index (κ3) is 4.41. The Labute approximate surface area is 188 Å². The van der Waals surface area contributed by atoms with Crippen molar-refractivity contribution in [1.29, 1.82) is 0 Å². The summed E-state index contributed by atoms with van der Waals surface area (Å²) < 4.78 is 224. The molecule has 19 heteroatoms. The zero-order valence-corrected chi connectivity index (χ0v) is 16.8. The van der Waals surface area contributed by atoms with Crippen molar-refractivity contribution < 1.29 is 79.7 Å². The molecule has 0 saturated heterocycles. The maximum atomic E-state index is 13.7. The van der Waals surface area contributed by atoms with E-state index in [9.17, 15) is 79.7 Å². The minimum Gasteiger partial charge on any atom is -0.507 e. The monoisotopic (exact) mass is 567 g/mol. The first-order valence-corrected chi connectivity index (χ1v) is 8.65. The Morgan fingerprint density at radius 1 is 0.639 bits per heavy atom. The SMILES string of the molecule is Cc1cccc(C=NCC(F)(F)C(F)(F)C(F)(F)C(F)(F)C(F)(F)C(F)(F)C(F)(F)C(F)(F)F)c1O. The molecule has 0 bridgehead atoms. The van der Waals surface area contributed by atoms with Crippen molar-refractivity contribution in [1.82, 2.24) is 0 Å². The lowest BCUT2D eigenvalue weighted by Gasteiger charge is -2.42. The van der Waals surface area contributed by atoms with Gasteiger partial charge in [0.15, 0.2) is 0 Å². The number of hydrogen-bond donors (Lipinski definition) is 1. The van der Waals surface area contributed by atoms with Crippen LogP contribution >= 0.6 is 0 Å². The predicted molar refractivity (Wildman–Crippen MR) is 86.0 cm³/mol. The highest BCUT2D eigenvalue weighted by Gasteiger charge is 2.95. The molecule has 1 aromatic carbocycles. The molecule has 2 nitrogen and oxygen atoms in total. The number of nitrogens with zero attached hydrogens (tertiary/aromatic N) is 1. The Morgan fingerprint density at radius 3 is 1.44 bits per heavy atom. The number of rotatable bonds is 9. The molecule has 0 amide bonds. The second-order valence-electron chi connectivity index (χ2n) is 7.13. The van der Waals surface area contributed by atoms with Crippen LogP contribution in [0.15, 0.2) is 23.2 Å². The lowest BCUT2D eigenvalue weighted by Crippen LogP contribution is -2.74. The molecule has 0 saturated carbocycles. The molecule has 208 valence electrons. The van der Waals surface area contributed by atoms with Gasteiger partial charge in [-0.15, -0.1) is 0 Å². The average molecular weight is 567 g/mol. The van der Waals surface area contributed by atoms with Crippen LogP contribution < -0.4 is 0 Å². The van der Waals surface area contributed by atoms with Crippen molar-refractivity contribution >= 4 is 6.21 Å². The van der Waals surface area contributed by atoms with Gasteiger partial charge in [-0.25, -0.2) is 0 Å². The normalized spacial score (nSPS) is 15.6. The van der Waals surface area contributed by atoms with Crippen LogP contribution in [-0.4, -0.2) is 65.5 Å². The summed E-state index contributed by atoms with van der Waals surface area (Å²) in [6, 6.07) is 3.22. The standard InChI is InChI=1S/C17H10F17NO/c1-7-3-2-4-8(9(7)36)5-35-6-10(18,19)11(20,21)12(22,23)13(24,25)14(26,27)15(28,29)16(30,31)17(32,33)34/h2-5,36H,6H2,1H3. The summed E-state index contributed by atoms with van der Waals surface area (Å²) in [6.07, 6.45) is -7.69. The van der Waals surface area contributed by atoms with Crippen molar-refractivity contribution in [3.63, 3.8) is 0 Å². The van der Waals surface area contributed by atoms with Gasteiger partial charge in [0, 0.05) is 11.8 Å². The first-order chi connectivity index (χ1) is 15.6. The number of hydrogen-bond acceptors (Lipinski definition) is 2. The molecule has 0 fully saturated rings. The highest BCUT2D eigenvalue weighted by atomic mass is 19.4. The number of benzene rings is 1. The first-order valence-electron chi connectivity index (χ1n) is 8.65. The van der Waals surface area contributed by atoms with Crippen molar-refractivity contribution in [2.45, 2.75) is 54.6 Å². The third-order valence-corrected chi connectivity index (χ3v) is 4.58. The van der Waals surface area contributed by atoms with E-state index in [1.807, 2.05) is 0 Å². The van der Waals surface area contributed by atoms with Crippen LogP contribution in [-0.2, 0) is 0 Å². The third-order valence-electron chi connectivity index (χ3n) is 4.58. The van der Waals surface area contributed by atoms with Crippen LogP contribution in [0.25, 0.3) is 0 Å². The number of phenolic OH excluding ortho intramolecular Hbond substituents is 1. The average Bonchev–Trinajstić information content (AvgIpc) is 2.69. The molecule has 36 heavy (non-hydrogen) atoms. The molecule has 1 rings (SSSR count). The number of aliphatic imine (C=N–C) groups is 1. The molecule has 0 spiro atoms. The van der Waals surface area contributed by atoms with E-state index < -0.39 is 65.5 Å². The number of aromatic hydroxyl groups is 1. The van der Waals surface area contributed by atoms with Crippen molar-refractivity contribution in [2.24, 2.45) is 4.99 Å². The summed E-state index contributed by atoms with van der Waals surface area (Å²) in [4.78, 5) is 2.46. The van der Waals surface area contributed by atoms with E-state index in [0.717, 1.165) is 12.1 Å². The maximum absolute atomic E-state index is 13.7. The Kier molecular flexibility index (Phi) is 7.72. The van der Waals surface area contributed by atoms with Crippen LogP contribution in [0.1, 0.15) is 11.1 Å². The fourth-order valence-corrected chi connectivity index (χ4v) is 2.34. The second kappa shape index (κ2) is 8.81. The van der Waals surface area contributed by atoms with E-state index in [4.69, 9.17) is 0 Å². The van der Waals surface area contributed by atoms with Gasteiger partial charge < -0.3 is 5.11 Å². The van der Waals surface area contributed by atoms with E-state index in [1.165, 1.54) is 13.0 Å². The molecule has 0 atom stereocenters. The second-order valence-corrected chi connectivity index (χ2v) is 7.13. The number of phenols is 1. The number of halogens is 17. The van der Waals surface area contributed by atoms with E-state index in [0.29, 0.717) is 0 Å². The summed E-state index contributed by atoms with van der Waals surface area (Å²) in [5, 5.41) is 9.57. The number of alkyl halides is 17. The summed E-state index contributed by atoms with van der Waals surface area (Å²) in [6.45, 7) is -1.74. The summed E-state index contributed by atoms with van der Waals surface area (Å²) >= 11 is 0. The summed E-state index contributed by atoms with van der Waals surface area (Å²) in [7, 11) is 0. The van der Waals surface area contributed by atoms with Gasteiger partial charge >= 0.3 is 47.6 Å². The number of para-hydroxylation sites is 1. The minimum atomic E-state index is -8.67. The van der Waals surface area contributed by atoms with Crippen molar-refractivity contribution in [2.75, 3.05) is 6.54 Å². The fraction of sp³-hybridized carbons (Fsp3) is 0.588. The molecule has 0 aliphatic heterocycles. The molecule has 0 heterocycles. The predicted octanol–water partition coefficient (Wildman–Crippen LogP) is 7.13. The Morgan fingerprint density at radius 2 is 1.03 bits per heavy atom. The van der Waals surface area contributed by atoms with Crippen LogP contribution in [0, 0.1) is 6.92 Å². The van der Waals surface area contributed by atoms with Crippen LogP contribution in [0.2, 0.25) is 0 Å². The Balaban J connectivity index is 3.48. The van der Waals surface area contributed by atoms with Gasteiger partial charge in [0.25, 0.3) is 0 Å². The van der Waals surface area contributed by atoms with E-state index in [1.54, 1.807) is 0 Å². The Bertz CT molecular complexity index is 980. The molecule has 0 unspecified atom stereocenters. The van der Waals surface area contributed by atoms with Gasteiger partial charge in [-0.05, 0) is 18.6 Å². The summed E-state index contributed by atoms with van der Waals surface area (Å²) in [5.74, 6) is -57.5. The van der Waals surface area contributed by atoms with Gasteiger partial charge in [0.2, 0.25) is 0 Å². The largest absolute Gasteiger partial charge is 0.507 e. The molecule has 1 aromatic rings. The summed E-state index contributed by atoms with van der Waals surface area (Å²) in [5.41, 5.74) is -0.507. The lowest BCUT2D eigenvalue weighted by atomic mass is 9.89. The quantitative estimate of drug-likeness (QED) is 0.250. The molecule has 0 aliphatic rings. The molecule has 0 aliphatic carbocycles. The van der Waals surface area contributed by atoms with Crippen LogP contribution in [0.3, 0.4) is 0 Å². The van der Waals surface area contributed by atoms with Crippen LogP contribution in [0.4, 0.5) is 74.6 Å². The van der Waals surface area contributed by atoms with E-state index in [2.05, 4.69) is 4.99 Å². The van der Waals surface area contributed by atoms with Crippen molar-refractivity contribution in [3.8, 4) is 5.75 Å². The Hall–Kier alpha value is -2.50. The molecule has 0 radical (unpaired) electrons. The lowest BCUT2D eigenvalue weighted by molar-refractivity contribution is -0.461. The van der Waals surface area contributed by atoms with Crippen molar-refractivity contribution in [3.05, 3.63) is 29.3 Å². The van der Waals surface area contributed by atoms with Gasteiger partial charge in [-0.3, -0.25) is 4.99 Å². The zero-order chi connectivity index (χ0) is 29.0. The van der Waals surface area contributed by atoms with E-state index >= 15 is 0 Å². The smallest absolute Gasteiger partial charge is 0.460 e. The highest BCUT2D eigenvalue weighted by molar-refractivity contribution is 5.84. The topological polar surface area (TPSA) is 32.6 Å². The molecule has 1 N–H and O–H groups in total. The van der Waals surface area contributed by atoms with E-state index in [-0.39, 0.29) is 11.8 Å². The zero-order valence-electron chi connectivity index (χ0n) is 16.8. The molecular weight excluding hydrogens is 557 g/mol. The maximum Gasteiger partial charge on any atom is 0.460 e. The number of aryl methyl sites for hydroxylation is 1. The first kappa shape index (κ1) is 31.5. The molecular formula is C17H10F17NO. The van der Waals surface area contributed by atoms with Gasteiger partial charge in [0.05, 0.1) is 0 Å². The van der Waals surface area contributed by atoms with Gasteiger partial charge in [-0.1, -0.05) is 12.1 Å². The highest BCUT2D eigenvalue weighted by Crippen LogP contribution is 2.63. The van der Waals surface area contributed by atoms with Gasteiger partial charge in [0.1, 0.15) is 12.3 Å². The molecule has 0 aromatic heterocycles.